The van der Waals surface area contributed by atoms with E-state index in [1.54, 1.807) is 6.20 Å². The normalized spacial score (nSPS) is 12.2. The van der Waals surface area contributed by atoms with E-state index in [0.717, 1.165) is 21.8 Å². The Kier molecular flexibility index (Phi) is 4.40. The van der Waals surface area contributed by atoms with Gasteiger partial charge in [-0.15, -0.1) is 0 Å². The zero-order valence-electron chi connectivity index (χ0n) is 11.2. The number of nitrogens with two attached hydrogens (primary N) is 1. The molecule has 2 rings (SSSR count). The Labute approximate surface area is 119 Å². The van der Waals surface area contributed by atoms with Gasteiger partial charge in [0, 0.05) is 24.8 Å². The minimum absolute atomic E-state index is 0.156. The Morgan fingerprint density at radius 1 is 1.32 bits per heavy atom. The van der Waals surface area contributed by atoms with Crippen molar-refractivity contribution in [2.24, 2.45) is 5.73 Å². The van der Waals surface area contributed by atoms with Crippen LogP contribution in [0.1, 0.15) is 24.1 Å². The minimum atomic E-state index is 0.156. The molecule has 2 N–H and O–H groups in total. The minimum Gasteiger partial charge on any atom is -0.366 e. The first-order chi connectivity index (χ1) is 9.15. The van der Waals surface area contributed by atoms with Gasteiger partial charge in [-0.25, -0.2) is 0 Å². The van der Waals surface area contributed by atoms with Crippen LogP contribution in [-0.2, 0) is 6.54 Å². The summed E-state index contributed by atoms with van der Waals surface area (Å²) >= 11 is 6.26. The average molecular weight is 276 g/mol. The molecule has 0 radical (unpaired) electrons. The quantitative estimate of drug-likeness (QED) is 0.930. The average Bonchev–Trinajstić information content (AvgIpc) is 2.46. The van der Waals surface area contributed by atoms with Crippen LogP contribution in [0.3, 0.4) is 0 Å². The maximum atomic E-state index is 6.26. The third-order valence-electron chi connectivity index (χ3n) is 3.42. The van der Waals surface area contributed by atoms with Crippen molar-refractivity contribution in [1.29, 1.82) is 0 Å². The number of rotatable bonds is 4. The van der Waals surface area contributed by atoms with Gasteiger partial charge in [0.25, 0.3) is 0 Å². The molecule has 0 fully saturated rings. The SMILES string of the molecule is CC(c1ccccc1Cl)N(C)c1cnccc1CN. The number of pyridine rings is 1. The number of anilines is 1. The van der Waals surface area contributed by atoms with Crippen LogP contribution in [0.2, 0.25) is 5.02 Å². The van der Waals surface area contributed by atoms with Gasteiger partial charge in [-0.3, -0.25) is 4.98 Å². The van der Waals surface area contributed by atoms with Gasteiger partial charge in [0.05, 0.1) is 17.9 Å². The third kappa shape index (κ3) is 2.88. The molecule has 0 aliphatic carbocycles. The van der Waals surface area contributed by atoms with Gasteiger partial charge < -0.3 is 10.6 Å². The van der Waals surface area contributed by atoms with Crippen molar-refractivity contribution in [3.8, 4) is 0 Å². The van der Waals surface area contributed by atoms with Gasteiger partial charge in [-0.2, -0.15) is 0 Å². The topological polar surface area (TPSA) is 42.2 Å². The van der Waals surface area contributed by atoms with E-state index in [1.165, 1.54) is 0 Å². The predicted octanol–water partition coefficient (Wildman–Crippen LogP) is 3.39. The molecule has 19 heavy (non-hydrogen) atoms. The lowest BCUT2D eigenvalue weighted by molar-refractivity contribution is 0.733. The fraction of sp³-hybridized carbons (Fsp3) is 0.267. The molecule has 0 spiro atoms. The van der Waals surface area contributed by atoms with Crippen LogP contribution in [0.4, 0.5) is 5.69 Å². The summed E-state index contributed by atoms with van der Waals surface area (Å²) < 4.78 is 0. The van der Waals surface area contributed by atoms with Crippen molar-refractivity contribution in [3.63, 3.8) is 0 Å². The fourth-order valence-electron chi connectivity index (χ4n) is 2.14. The highest BCUT2D eigenvalue weighted by atomic mass is 35.5. The highest BCUT2D eigenvalue weighted by Gasteiger charge is 2.16. The number of nitrogens with zero attached hydrogens (tertiary/aromatic N) is 2. The molecule has 100 valence electrons. The number of aromatic nitrogens is 1. The molecule has 0 saturated heterocycles. The smallest absolute Gasteiger partial charge is 0.0600 e. The van der Waals surface area contributed by atoms with Gasteiger partial charge in [-0.05, 0) is 30.2 Å². The first-order valence-corrected chi connectivity index (χ1v) is 6.63. The molecular formula is C15H18ClN3. The molecular weight excluding hydrogens is 258 g/mol. The number of benzene rings is 1. The van der Waals surface area contributed by atoms with Gasteiger partial charge in [-0.1, -0.05) is 29.8 Å². The van der Waals surface area contributed by atoms with E-state index in [0.29, 0.717) is 6.54 Å². The zero-order chi connectivity index (χ0) is 13.8. The van der Waals surface area contributed by atoms with Crippen LogP contribution in [0, 0.1) is 0 Å². The molecule has 1 heterocycles. The van der Waals surface area contributed by atoms with Gasteiger partial charge in [0.2, 0.25) is 0 Å². The molecule has 0 amide bonds. The summed E-state index contributed by atoms with van der Waals surface area (Å²) in [7, 11) is 2.03. The van der Waals surface area contributed by atoms with Crippen molar-refractivity contribution in [2.45, 2.75) is 19.5 Å². The first kappa shape index (κ1) is 13.8. The highest BCUT2D eigenvalue weighted by Crippen LogP contribution is 2.30. The summed E-state index contributed by atoms with van der Waals surface area (Å²) in [5, 5.41) is 0.778. The number of hydrogen-bond donors (Lipinski definition) is 1. The van der Waals surface area contributed by atoms with Crippen molar-refractivity contribution in [2.75, 3.05) is 11.9 Å². The van der Waals surface area contributed by atoms with E-state index in [-0.39, 0.29) is 6.04 Å². The summed E-state index contributed by atoms with van der Waals surface area (Å²) in [5.41, 5.74) is 8.99. The van der Waals surface area contributed by atoms with Crippen LogP contribution in [-0.4, -0.2) is 12.0 Å². The summed E-state index contributed by atoms with van der Waals surface area (Å²) in [5.74, 6) is 0. The van der Waals surface area contributed by atoms with Crippen LogP contribution >= 0.6 is 11.6 Å². The predicted molar refractivity (Wildman–Crippen MR) is 80.4 cm³/mol. The number of hydrogen-bond acceptors (Lipinski definition) is 3. The standard InChI is InChI=1S/C15H18ClN3/c1-11(13-5-3-4-6-14(13)16)19(2)15-10-18-8-7-12(15)9-17/h3-8,10-11H,9,17H2,1-2H3. The van der Waals surface area contributed by atoms with E-state index in [2.05, 4.69) is 16.8 Å². The van der Waals surface area contributed by atoms with E-state index in [1.807, 2.05) is 43.6 Å². The van der Waals surface area contributed by atoms with Crippen LogP contribution in [0.25, 0.3) is 0 Å². The second kappa shape index (κ2) is 6.04. The molecule has 3 nitrogen and oxygen atoms in total. The van der Waals surface area contributed by atoms with Crippen molar-refractivity contribution < 1.29 is 0 Å². The lowest BCUT2D eigenvalue weighted by Crippen LogP contribution is -2.23. The molecule has 4 heteroatoms. The molecule has 0 bridgehead atoms. The van der Waals surface area contributed by atoms with E-state index in [9.17, 15) is 0 Å². The van der Waals surface area contributed by atoms with Crippen LogP contribution in [0.15, 0.2) is 42.7 Å². The zero-order valence-corrected chi connectivity index (χ0v) is 11.9. The Morgan fingerprint density at radius 3 is 2.74 bits per heavy atom. The molecule has 2 aromatic rings. The second-order valence-corrected chi connectivity index (χ2v) is 4.92. The molecule has 1 atom stereocenters. The lowest BCUT2D eigenvalue weighted by Gasteiger charge is -2.29. The Bertz CT molecular complexity index is 557. The molecule has 1 aromatic heterocycles. The Hall–Kier alpha value is -1.58. The monoisotopic (exact) mass is 275 g/mol. The summed E-state index contributed by atoms with van der Waals surface area (Å²) in [4.78, 5) is 6.33. The van der Waals surface area contributed by atoms with Gasteiger partial charge in [0.1, 0.15) is 0 Å². The van der Waals surface area contributed by atoms with Gasteiger partial charge in [0.15, 0.2) is 0 Å². The lowest BCUT2D eigenvalue weighted by atomic mass is 10.1. The van der Waals surface area contributed by atoms with E-state index < -0.39 is 0 Å². The Morgan fingerprint density at radius 2 is 2.05 bits per heavy atom. The highest BCUT2D eigenvalue weighted by molar-refractivity contribution is 6.31. The number of halogens is 1. The van der Waals surface area contributed by atoms with Crippen molar-refractivity contribution in [1.82, 2.24) is 4.98 Å². The maximum Gasteiger partial charge on any atom is 0.0600 e. The van der Waals surface area contributed by atoms with Crippen LogP contribution in [0.5, 0.6) is 0 Å². The molecule has 1 aromatic carbocycles. The summed E-state index contributed by atoms with van der Waals surface area (Å²) in [6, 6.07) is 10.00. The van der Waals surface area contributed by atoms with Crippen molar-refractivity contribution >= 4 is 17.3 Å². The van der Waals surface area contributed by atoms with Crippen molar-refractivity contribution in [3.05, 3.63) is 58.9 Å². The van der Waals surface area contributed by atoms with E-state index in [4.69, 9.17) is 17.3 Å². The largest absolute Gasteiger partial charge is 0.366 e. The molecule has 0 saturated carbocycles. The Balaban J connectivity index is 2.34. The molecule has 1 unspecified atom stereocenters. The second-order valence-electron chi connectivity index (χ2n) is 4.52. The maximum absolute atomic E-state index is 6.26. The van der Waals surface area contributed by atoms with Gasteiger partial charge >= 0.3 is 0 Å². The third-order valence-corrected chi connectivity index (χ3v) is 3.77. The molecule has 0 aliphatic rings. The van der Waals surface area contributed by atoms with Crippen LogP contribution < -0.4 is 10.6 Å². The fourth-order valence-corrected chi connectivity index (χ4v) is 2.43. The van der Waals surface area contributed by atoms with E-state index >= 15 is 0 Å². The summed E-state index contributed by atoms with van der Waals surface area (Å²) in [6.45, 7) is 2.62. The summed E-state index contributed by atoms with van der Waals surface area (Å²) in [6.07, 6.45) is 3.61. The first-order valence-electron chi connectivity index (χ1n) is 6.25. The molecule has 0 aliphatic heterocycles.